The number of nitrogens with one attached hydrogen (secondary N) is 1. The summed E-state index contributed by atoms with van der Waals surface area (Å²) in [5, 5.41) is 3.31. The Morgan fingerprint density at radius 3 is 2.83 bits per heavy atom. The minimum absolute atomic E-state index is 0.0659. The maximum Gasteiger partial charge on any atom is 0.0948 e. The molecule has 0 spiro atoms. The van der Waals surface area contributed by atoms with Crippen molar-refractivity contribution in [2.75, 3.05) is 7.05 Å². The minimum Gasteiger partial charge on any atom is -0.333 e. The van der Waals surface area contributed by atoms with Gasteiger partial charge in [-0.15, -0.1) is 11.3 Å². The first-order valence-electron chi connectivity index (χ1n) is 5.96. The minimum atomic E-state index is -0.0659. The Labute approximate surface area is 117 Å². The predicted molar refractivity (Wildman–Crippen MR) is 77.3 cm³/mol. The van der Waals surface area contributed by atoms with Crippen molar-refractivity contribution in [3.05, 3.63) is 39.6 Å². The van der Waals surface area contributed by atoms with Crippen LogP contribution in [-0.2, 0) is 18.5 Å². The van der Waals surface area contributed by atoms with E-state index in [4.69, 9.17) is 11.6 Å². The van der Waals surface area contributed by atoms with Crippen LogP contribution in [0.5, 0.6) is 0 Å². The lowest BCUT2D eigenvalue weighted by atomic mass is 10.0. The molecule has 0 atom stereocenters. The number of hydrogen-bond acceptors (Lipinski definition) is 3. The highest BCUT2D eigenvalue weighted by Crippen LogP contribution is 2.23. The van der Waals surface area contributed by atoms with Crippen molar-refractivity contribution in [3.8, 4) is 0 Å². The lowest BCUT2D eigenvalue weighted by Crippen LogP contribution is -2.35. The van der Waals surface area contributed by atoms with Crippen LogP contribution in [0, 0.1) is 0 Å². The number of aryl methyl sites for hydroxylation is 2. The third kappa shape index (κ3) is 2.94. The summed E-state index contributed by atoms with van der Waals surface area (Å²) in [6, 6.07) is 4.04. The van der Waals surface area contributed by atoms with E-state index >= 15 is 0 Å². The standard InChI is InChI=1S/C13H18ClN3S/c1-13(2,15-3)11-8-16-9-17(11)7-6-10-4-5-12(14)18-10/h4-5,8-9,15H,6-7H2,1-3H3. The summed E-state index contributed by atoms with van der Waals surface area (Å²) in [5.41, 5.74) is 1.14. The second-order valence-electron chi connectivity index (χ2n) is 4.80. The molecule has 0 unspecified atom stereocenters. The first-order valence-corrected chi connectivity index (χ1v) is 7.16. The normalized spacial score (nSPS) is 12.0. The average Bonchev–Trinajstić information content (AvgIpc) is 2.95. The fraction of sp³-hybridized carbons (Fsp3) is 0.462. The van der Waals surface area contributed by atoms with Crippen LogP contribution in [0.4, 0.5) is 0 Å². The molecule has 0 amide bonds. The van der Waals surface area contributed by atoms with Gasteiger partial charge < -0.3 is 9.88 Å². The summed E-state index contributed by atoms with van der Waals surface area (Å²) in [4.78, 5) is 5.56. The van der Waals surface area contributed by atoms with Crippen molar-refractivity contribution >= 4 is 22.9 Å². The average molecular weight is 284 g/mol. The second-order valence-corrected chi connectivity index (χ2v) is 6.60. The van der Waals surface area contributed by atoms with E-state index in [9.17, 15) is 0 Å². The molecule has 1 N–H and O–H groups in total. The van der Waals surface area contributed by atoms with Crippen LogP contribution in [0.25, 0.3) is 0 Å². The van der Waals surface area contributed by atoms with E-state index in [-0.39, 0.29) is 5.54 Å². The summed E-state index contributed by atoms with van der Waals surface area (Å²) >= 11 is 7.58. The third-order valence-corrected chi connectivity index (χ3v) is 4.50. The number of imidazole rings is 1. The molecule has 0 saturated heterocycles. The lowest BCUT2D eigenvalue weighted by Gasteiger charge is -2.25. The van der Waals surface area contributed by atoms with Gasteiger partial charge in [-0.1, -0.05) is 11.6 Å². The van der Waals surface area contributed by atoms with E-state index in [1.54, 1.807) is 11.3 Å². The Kier molecular flexibility index (Phi) is 4.10. The van der Waals surface area contributed by atoms with Gasteiger partial charge in [-0.2, -0.15) is 0 Å². The zero-order valence-corrected chi connectivity index (χ0v) is 12.5. The summed E-state index contributed by atoms with van der Waals surface area (Å²) in [6.45, 7) is 5.24. The molecule has 98 valence electrons. The summed E-state index contributed by atoms with van der Waals surface area (Å²) in [5.74, 6) is 0. The molecule has 0 saturated carbocycles. The predicted octanol–water partition coefficient (Wildman–Crippen LogP) is 3.30. The zero-order valence-electron chi connectivity index (χ0n) is 10.9. The van der Waals surface area contributed by atoms with Gasteiger partial charge in [-0.3, -0.25) is 0 Å². The molecule has 0 aromatic carbocycles. The highest BCUT2D eigenvalue weighted by molar-refractivity contribution is 7.16. The Morgan fingerprint density at radius 2 is 2.22 bits per heavy atom. The zero-order chi connectivity index (χ0) is 13.2. The van der Waals surface area contributed by atoms with Gasteiger partial charge in [0.15, 0.2) is 0 Å². The fourth-order valence-electron chi connectivity index (χ4n) is 1.86. The molecule has 18 heavy (non-hydrogen) atoms. The molecule has 0 bridgehead atoms. The third-order valence-electron chi connectivity index (χ3n) is 3.21. The van der Waals surface area contributed by atoms with Gasteiger partial charge in [0.2, 0.25) is 0 Å². The van der Waals surface area contributed by atoms with Crippen molar-refractivity contribution < 1.29 is 0 Å². The van der Waals surface area contributed by atoms with Gasteiger partial charge >= 0.3 is 0 Å². The van der Waals surface area contributed by atoms with Crippen LogP contribution >= 0.6 is 22.9 Å². The summed E-state index contributed by atoms with van der Waals surface area (Å²) in [6.07, 6.45) is 4.81. The number of rotatable bonds is 5. The first kappa shape index (κ1) is 13.6. The van der Waals surface area contributed by atoms with Crippen molar-refractivity contribution in [3.63, 3.8) is 0 Å². The van der Waals surface area contributed by atoms with E-state index in [2.05, 4.69) is 34.8 Å². The van der Waals surface area contributed by atoms with Gasteiger partial charge in [-0.05, 0) is 39.4 Å². The highest BCUT2D eigenvalue weighted by atomic mass is 35.5. The van der Waals surface area contributed by atoms with Crippen LogP contribution < -0.4 is 5.32 Å². The monoisotopic (exact) mass is 283 g/mol. The molecule has 5 heteroatoms. The van der Waals surface area contributed by atoms with Gasteiger partial charge in [0.05, 0.1) is 21.9 Å². The maximum absolute atomic E-state index is 5.94. The first-order chi connectivity index (χ1) is 8.53. The van der Waals surface area contributed by atoms with Crippen molar-refractivity contribution in [1.82, 2.24) is 14.9 Å². The second kappa shape index (κ2) is 5.43. The Morgan fingerprint density at radius 1 is 1.44 bits per heavy atom. The van der Waals surface area contributed by atoms with E-state index in [1.807, 2.05) is 25.6 Å². The molecule has 0 radical (unpaired) electrons. The fourth-order valence-corrected chi connectivity index (χ4v) is 2.94. The largest absolute Gasteiger partial charge is 0.333 e. The Balaban J connectivity index is 2.09. The molecule has 3 nitrogen and oxygen atoms in total. The maximum atomic E-state index is 5.94. The van der Waals surface area contributed by atoms with E-state index in [0.29, 0.717) is 0 Å². The van der Waals surface area contributed by atoms with Gasteiger partial charge in [-0.25, -0.2) is 4.98 Å². The van der Waals surface area contributed by atoms with Crippen LogP contribution in [0.15, 0.2) is 24.7 Å². The summed E-state index contributed by atoms with van der Waals surface area (Å²) < 4.78 is 3.05. The van der Waals surface area contributed by atoms with Gasteiger partial charge in [0.1, 0.15) is 0 Å². The van der Waals surface area contributed by atoms with Crippen LogP contribution in [0.3, 0.4) is 0 Å². The SMILES string of the molecule is CNC(C)(C)c1cncn1CCc1ccc(Cl)s1. The van der Waals surface area contributed by atoms with Gasteiger partial charge in [0.25, 0.3) is 0 Å². The summed E-state index contributed by atoms with van der Waals surface area (Å²) in [7, 11) is 1.97. The molecule has 0 aliphatic rings. The van der Waals surface area contributed by atoms with E-state index in [1.165, 1.54) is 10.6 Å². The van der Waals surface area contributed by atoms with Crippen molar-refractivity contribution in [1.29, 1.82) is 0 Å². The van der Waals surface area contributed by atoms with Gasteiger partial charge in [0, 0.05) is 17.6 Å². The Bertz CT molecular complexity index is 516. The van der Waals surface area contributed by atoms with E-state index < -0.39 is 0 Å². The molecular formula is C13H18ClN3S. The molecule has 0 aliphatic carbocycles. The van der Waals surface area contributed by atoms with Crippen LogP contribution in [-0.4, -0.2) is 16.6 Å². The topological polar surface area (TPSA) is 29.9 Å². The lowest BCUT2D eigenvalue weighted by molar-refractivity contribution is 0.408. The van der Waals surface area contributed by atoms with E-state index in [0.717, 1.165) is 17.3 Å². The Hall–Kier alpha value is -0.840. The molecule has 2 heterocycles. The van der Waals surface area contributed by atoms with Crippen LogP contribution in [0.1, 0.15) is 24.4 Å². The van der Waals surface area contributed by atoms with Crippen molar-refractivity contribution in [2.45, 2.75) is 32.4 Å². The molecule has 2 aromatic heterocycles. The van der Waals surface area contributed by atoms with Crippen molar-refractivity contribution in [2.24, 2.45) is 0 Å². The molecular weight excluding hydrogens is 266 g/mol. The highest BCUT2D eigenvalue weighted by Gasteiger charge is 2.21. The number of aromatic nitrogens is 2. The number of halogens is 1. The smallest absolute Gasteiger partial charge is 0.0948 e. The molecule has 2 aromatic rings. The molecule has 2 rings (SSSR count). The quantitative estimate of drug-likeness (QED) is 0.912. The number of hydrogen-bond donors (Lipinski definition) is 1. The van der Waals surface area contributed by atoms with Crippen LogP contribution in [0.2, 0.25) is 4.34 Å². The number of thiophene rings is 1. The molecule has 0 aliphatic heterocycles. The number of nitrogens with zero attached hydrogens (tertiary/aromatic N) is 2. The molecule has 0 fully saturated rings.